The van der Waals surface area contributed by atoms with Crippen molar-refractivity contribution in [2.24, 2.45) is 11.8 Å². The Bertz CT molecular complexity index is 373. The van der Waals surface area contributed by atoms with Crippen molar-refractivity contribution in [3.05, 3.63) is 11.6 Å². The lowest BCUT2D eigenvalue weighted by atomic mass is 9.82. The van der Waals surface area contributed by atoms with Crippen molar-refractivity contribution < 1.29 is 19.4 Å². The van der Waals surface area contributed by atoms with E-state index in [-0.39, 0.29) is 11.5 Å². The summed E-state index contributed by atoms with van der Waals surface area (Å²) in [6, 6.07) is 0. The smallest absolute Gasteiger partial charge is 0.332 e. The van der Waals surface area contributed by atoms with Crippen molar-refractivity contribution >= 4 is 11.9 Å². The first-order valence-electron chi connectivity index (χ1n) is 8.16. The molecule has 0 bridgehead atoms. The van der Waals surface area contributed by atoms with Crippen molar-refractivity contribution in [2.75, 3.05) is 6.61 Å². The Morgan fingerprint density at radius 1 is 1.24 bits per heavy atom. The highest BCUT2D eigenvalue weighted by Gasteiger charge is 2.32. The number of hydrogen-bond donors (Lipinski definition) is 1. The second-order valence-electron chi connectivity index (χ2n) is 6.03. The molecule has 120 valence electrons. The topological polar surface area (TPSA) is 63.6 Å². The number of unbranched alkanes of at least 4 members (excludes halogenated alkanes) is 5. The van der Waals surface area contributed by atoms with Crippen LogP contribution in [0.1, 0.15) is 65.2 Å². The molecule has 0 saturated heterocycles. The van der Waals surface area contributed by atoms with Gasteiger partial charge in [-0.05, 0) is 25.2 Å². The lowest BCUT2D eigenvalue weighted by Crippen LogP contribution is -2.28. The van der Waals surface area contributed by atoms with Crippen LogP contribution in [0.4, 0.5) is 0 Å². The minimum atomic E-state index is -0.997. The molecular formula is C17H28O4. The number of aliphatic carboxylic acids is 1. The fourth-order valence-electron chi connectivity index (χ4n) is 2.71. The predicted octanol–water partition coefficient (Wildman–Crippen LogP) is 3.95. The normalized spacial score (nSPS) is 21.7. The second kappa shape index (κ2) is 9.59. The van der Waals surface area contributed by atoms with Gasteiger partial charge in [-0.25, -0.2) is 4.79 Å². The zero-order chi connectivity index (χ0) is 15.7. The Morgan fingerprint density at radius 3 is 2.57 bits per heavy atom. The summed E-state index contributed by atoms with van der Waals surface area (Å²) in [6.45, 7) is 4.62. The molecule has 21 heavy (non-hydrogen) atoms. The van der Waals surface area contributed by atoms with Crippen LogP contribution in [-0.2, 0) is 14.3 Å². The predicted molar refractivity (Wildman–Crippen MR) is 81.9 cm³/mol. The fraction of sp³-hybridized carbons (Fsp3) is 0.765. The Morgan fingerprint density at radius 2 is 1.90 bits per heavy atom. The summed E-state index contributed by atoms with van der Waals surface area (Å²) in [5.74, 6) is -1.63. The molecule has 2 atom stereocenters. The van der Waals surface area contributed by atoms with Gasteiger partial charge in [0.15, 0.2) is 0 Å². The van der Waals surface area contributed by atoms with Gasteiger partial charge >= 0.3 is 11.9 Å². The maximum absolute atomic E-state index is 12.1. The minimum absolute atomic E-state index is 0.209. The molecule has 0 spiro atoms. The number of esters is 1. The second-order valence-corrected chi connectivity index (χ2v) is 6.03. The average molecular weight is 296 g/mol. The highest BCUT2D eigenvalue weighted by Crippen LogP contribution is 2.30. The van der Waals surface area contributed by atoms with Crippen LogP contribution in [0.25, 0.3) is 0 Å². The summed E-state index contributed by atoms with van der Waals surface area (Å²) in [6.07, 6.45) is 9.79. The number of carbonyl (C=O) groups excluding carboxylic acids is 1. The van der Waals surface area contributed by atoms with Gasteiger partial charge in [0.05, 0.1) is 12.5 Å². The summed E-state index contributed by atoms with van der Waals surface area (Å²) >= 11 is 0. The number of allylic oxidation sites excluding steroid dienone is 1. The van der Waals surface area contributed by atoms with E-state index in [4.69, 9.17) is 9.84 Å². The van der Waals surface area contributed by atoms with E-state index in [2.05, 4.69) is 6.92 Å². The van der Waals surface area contributed by atoms with Gasteiger partial charge in [-0.3, -0.25) is 4.79 Å². The summed E-state index contributed by atoms with van der Waals surface area (Å²) in [4.78, 5) is 23.2. The van der Waals surface area contributed by atoms with Gasteiger partial charge in [-0.15, -0.1) is 0 Å². The van der Waals surface area contributed by atoms with Gasteiger partial charge in [0, 0.05) is 5.57 Å². The van der Waals surface area contributed by atoms with Crippen LogP contribution >= 0.6 is 0 Å². The number of ether oxygens (including phenoxy) is 1. The van der Waals surface area contributed by atoms with E-state index in [9.17, 15) is 9.59 Å². The zero-order valence-corrected chi connectivity index (χ0v) is 13.3. The van der Waals surface area contributed by atoms with Crippen molar-refractivity contribution in [1.82, 2.24) is 0 Å². The first-order chi connectivity index (χ1) is 10.1. The fourth-order valence-corrected chi connectivity index (χ4v) is 2.71. The average Bonchev–Trinajstić information content (AvgIpc) is 2.45. The Balaban J connectivity index is 2.31. The van der Waals surface area contributed by atoms with Crippen LogP contribution in [0, 0.1) is 11.8 Å². The zero-order valence-electron chi connectivity index (χ0n) is 13.3. The molecule has 0 aromatic heterocycles. The van der Waals surface area contributed by atoms with Gasteiger partial charge in [0.2, 0.25) is 0 Å². The van der Waals surface area contributed by atoms with Gasteiger partial charge < -0.3 is 9.84 Å². The number of carbonyl (C=O) groups is 2. The van der Waals surface area contributed by atoms with E-state index in [0.717, 1.165) is 19.3 Å². The third-order valence-corrected chi connectivity index (χ3v) is 4.03. The molecule has 0 saturated carbocycles. The molecule has 4 nitrogen and oxygen atoms in total. The Hall–Kier alpha value is -1.32. The molecule has 2 unspecified atom stereocenters. The highest BCUT2D eigenvalue weighted by atomic mass is 16.5. The van der Waals surface area contributed by atoms with Crippen LogP contribution in [-0.4, -0.2) is 23.7 Å². The van der Waals surface area contributed by atoms with Crippen molar-refractivity contribution in [2.45, 2.75) is 65.2 Å². The summed E-state index contributed by atoms with van der Waals surface area (Å²) in [5.41, 5.74) is 0.209. The molecule has 4 heteroatoms. The molecule has 0 aromatic carbocycles. The lowest BCUT2D eigenvalue weighted by Gasteiger charge is -2.24. The van der Waals surface area contributed by atoms with Gasteiger partial charge in [-0.1, -0.05) is 52.0 Å². The number of carboxylic acids is 1. The van der Waals surface area contributed by atoms with Gasteiger partial charge in [-0.2, -0.15) is 0 Å². The molecule has 1 N–H and O–H groups in total. The highest BCUT2D eigenvalue weighted by molar-refractivity contribution is 5.94. The number of hydrogen-bond acceptors (Lipinski definition) is 3. The first kappa shape index (κ1) is 17.7. The van der Waals surface area contributed by atoms with E-state index >= 15 is 0 Å². The maximum atomic E-state index is 12.1. The first-order valence-corrected chi connectivity index (χ1v) is 8.16. The van der Waals surface area contributed by atoms with Crippen molar-refractivity contribution in [1.29, 1.82) is 0 Å². The van der Waals surface area contributed by atoms with E-state index in [1.807, 2.05) is 6.92 Å². The maximum Gasteiger partial charge on any atom is 0.332 e. The van der Waals surface area contributed by atoms with E-state index in [1.54, 1.807) is 6.08 Å². The van der Waals surface area contributed by atoms with E-state index < -0.39 is 11.9 Å². The third kappa shape index (κ3) is 6.32. The summed E-state index contributed by atoms with van der Waals surface area (Å²) in [5, 5.41) is 9.16. The quantitative estimate of drug-likeness (QED) is 0.517. The van der Waals surface area contributed by atoms with Gasteiger partial charge in [0.25, 0.3) is 0 Å². The number of carboxylic acid groups (broad SMARTS) is 1. The van der Waals surface area contributed by atoms with Crippen LogP contribution in [0.5, 0.6) is 0 Å². The third-order valence-electron chi connectivity index (χ3n) is 4.03. The van der Waals surface area contributed by atoms with Gasteiger partial charge in [0.1, 0.15) is 0 Å². The Kier molecular flexibility index (Phi) is 8.09. The summed E-state index contributed by atoms with van der Waals surface area (Å²) in [7, 11) is 0. The molecule has 1 aliphatic rings. The monoisotopic (exact) mass is 296 g/mol. The number of rotatable bonds is 9. The van der Waals surface area contributed by atoms with Crippen LogP contribution in [0.2, 0.25) is 0 Å². The van der Waals surface area contributed by atoms with E-state index in [1.165, 1.54) is 25.7 Å². The SMILES string of the molecule is CCCCCCCCOC(=O)C1CC(C)CC=C1C(=O)O. The molecule has 0 heterocycles. The molecule has 0 radical (unpaired) electrons. The molecule has 1 aliphatic carbocycles. The summed E-state index contributed by atoms with van der Waals surface area (Å²) < 4.78 is 5.27. The van der Waals surface area contributed by atoms with Crippen molar-refractivity contribution in [3.8, 4) is 0 Å². The molecule has 1 rings (SSSR count). The van der Waals surface area contributed by atoms with Crippen LogP contribution < -0.4 is 0 Å². The van der Waals surface area contributed by atoms with Crippen LogP contribution in [0.15, 0.2) is 11.6 Å². The molecular weight excluding hydrogens is 268 g/mol. The van der Waals surface area contributed by atoms with Crippen LogP contribution in [0.3, 0.4) is 0 Å². The Labute approximate surface area is 127 Å². The molecule has 0 aromatic rings. The minimum Gasteiger partial charge on any atom is -0.478 e. The standard InChI is InChI=1S/C17H28O4/c1-3-4-5-6-7-8-11-21-17(20)15-12-13(2)9-10-14(15)16(18)19/h10,13,15H,3-9,11-12H2,1-2H3,(H,18,19). The largest absolute Gasteiger partial charge is 0.478 e. The van der Waals surface area contributed by atoms with E-state index in [0.29, 0.717) is 18.9 Å². The lowest BCUT2D eigenvalue weighted by molar-refractivity contribution is -0.150. The molecule has 0 aliphatic heterocycles. The molecule has 0 fully saturated rings. The van der Waals surface area contributed by atoms with Crippen molar-refractivity contribution in [3.63, 3.8) is 0 Å². The molecule has 0 amide bonds.